The highest BCUT2D eigenvalue weighted by Gasteiger charge is 2.13. The molecule has 1 aromatic heterocycles. The Bertz CT molecular complexity index is 949. The third-order valence-corrected chi connectivity index (χ3v) is 4.22. The number of ether oxygens (including phenoxy) is 1. The van der Waals surface area contributed by atoms with Gasteiger partial charge in [-0.3, -0.25) is 9.89 Å². The number of amides is 1. The number of hydrogen-bond acceptors (Lipinski definition) is 4. The molecule has 1 heterocycles. The number of nitrogens with zero attached hydrogens (tertiary/aromatic N) is 2. The molecule has 2 N–H and O–H groups in total. The van der Waals surface area contributed by atoms with E-state index in [1.807, 2.05) is 24.3 Å². The first-order valence-corrected chi connectivity index (χ1v) is 8.32. The van der Waals surface area contributed by atoms with E-state index in [1.54, 1.807) is 31.4 Å². The summed E-state index contributed by atoms with van der Waals surface area (Å²) in [4.78, 5) is 12.2. The minimum absolute atomic E-state index is 0.258. The number of carbonyl (C=O) groups is 1. The van der Waals surface area contributed by atoms with Crippen molar-refractivity contribution in [2.24, 2.45) is 5.10 Å². The van der Waals surface area contributed by atoms with E-state index >= 15 is 0 Å². The standard InChI is InChI=1S/C18H14Cl2N4O2/c1-26-17-8-3-2-5-11(17)15-9-16(23-22-15)18(25)24-21-10-12-13(19)6-4-7-14(12)20/h2-10H,1H3,(H,22,23)(H,24,25)/b21-10+. The third-order valence-electron chi connectivity index (χ3n) is 3.56. The van der Waals surface area contributed by atoms with Crippen LogP contribution in [-0.2, 0) is 0 Å². The second-order valence-electron chi connectivity index (χ2n) is 5.20. The second kappa shape index (κ2) is 8.03. The maximum Gasteiger partial charge on any atom is 0.289 e. The van der Waals surface area contributed by atoms with Gasteiger partial charge in [0.05, 0.1) is 29.1 Å². The minimum atomic E-state index is -0.446. The molecule has 0 radical (unpaired) electrons. The zero-order valence-corrected chi connectivity index (χ0v) is 15.2. The molecule has 0 bridgehead atoms. The topological polar surface area (TPSA) is 79.4 Å². The number of para-hydroxylation sites is 1. The van der Waals surface area contributed by atoms with Crippen molar-refractivity contribution in [3.05, 3.63) is 69.8 Å². The number of hydrazone groups is 1. The molecule has 0 saturated heterocycles. The van der Waals surface area contributed by atoms with Gasteiger partial charge in [0.25, 0.3) is 5.91 Å². The molecule has 3 rings (SSSR count). The van der Waals surface area contributed by atoms with Gasteiger partial charge in [-0.2, -0.15) is 10.2 Å². The fourth-order valence-corrected chi connectivity index (χ4v) is 2.78. The number of halogens is 2. The van der Waals surface area contributed by atoms with Crippen molar-refractivity contribution in [3.8, 4) is 17.0 Å². The molecule has 8 heteroatoms. The summed E-state index contributed by atoms with van der Waals surface area (Å²) in [5.41, 5.74) is 4.55. The largest absolute Gasteiger partial charge is 0.496 e. The van der Waals surface area contributed by atoms with Crippen LogP contribution in [0.4, 0.5) is 0 Å². The van der Waals surface area contributed by atoms with Gasteiger partial charge in [-0.25, -0.2) is 5.43 Å². The van der Waals surface area contributed by atoms with Crippen LogP contribution in [0.3, 0.4) is 0 Å². The maximum absolute atomic E-state index is 12.2. The number of H-pyrrole nitrogens is 1. The Morgan fingerprint density at radius 3 is 2.65 bits per heavy atom. The van der Waals surface area contributed by atoms with E-state index < -0.39 is 5.91 Å². The summed E-state index contributed by atoms with van der Waals surface area (Å²) < 4.78 is 5.30. The Kier molecular flexibility index (Phi) is 5.55. The predicted octanol–water partition coefficient (Wildman–Crippen LogP) is 4.16. The molecule has 6 nitrogen and oxygen atoms in total. The summed E-state index contributed by atoms with van der Waals surface area (Å²) in [5.74, 6) is 0.218. The summed E-state index contributed by atoms with van der Waals surface area (Å²) in [5, 5.41) is 11.6. The first kappa shape index (κ1) is 18.0. The molecule has 26 heavy (non-hydrogen) atoms. The molecule has 1 amide bonds. The number of benzene rings is 2. The highest BCUT2D eigenvalue weighted by molar-refractivity contribution is 6.38. The summed E-state index contributed by atoms with van der Waals surface area (Å²) >= 11 is 12.1. The lowest BCUT2D eigenvalue weighted by Gasteiger charge is -2.04. The van der Waals surface area contributed by atoms with Gasteiger partial charge in [0.15, 0.2) is 0 Å². The number of aromatic nitrogens is 2. The zero-order chi connectivity index (χ0) is 18.5. The van der Waals surface area contributed by atoms with Crippen LogP contribution in [0, 0.1) is 0 Å². The van der Waals surface area contributed by atoms with Crippen LogP contribution < -0.4 is 10.2 Å². The van der Waals surface area contributed by atoms with E-state index in [0.29, 0.717) is 27.1 Å². The fourth-order valence-electron chi connectivity index (χ4n) is 2.28. The van der Waals surface area contributed by atoms with E-state index in [4.69, 9.17) is 27.9 Å². The summed E-state index contributed by atoms with van der Waals surface area (Å²) in [6, 6.07) is 14.1. The molecular weight excluding hydrogens is 375 g/mol. The minimum Gasteiger partial charge on any atom is -0.496 e. The molecular formula is C18H14Cl2N4O2. The van der Waals surface area contributed by atoms with Gasteiger partial charge in [0.2, 0.25) is 0 Å². The van der Waals surface area contributed by atoms with Crippen molar-refractivity contribution in [1.82, 2.24) is 15.6 Å². The first-order chi connectivity index (χ1) is 12.6. The molecule has 0 spiro atoms. The van der Waals surface area contributed by atoms with Crippen molar-refractivity contribution < 1.29 is 9.53 Å². The van der Waals surface area contributed by atoms with Gasteiger partial charge in [0.1, 0.15) is 11.4 Å². The van der Waals surface area contributed by atoms with Gasteiger partial charge < -0.3 is 4.74 Å². The van der Waals surface area contributed by atoms with Crippen LogP contribution in [0.5, 0.6) is 5.75 Å². The van der Waals surface area contributed by atoms with Gasteiger partial charge in [-0.05, 0) is 30.3 Å². The quantitative estimate of drug-likeness (QED) is 0.508. The van der Waals surface area contributed by atoms with Gasteiger partial charge in [-0.15, -0.1) is 0 Å². The van der Waals surface area contributed by atoms with Gasteiger partial charge >= 0.3 is 0 Å². The van der Waals surface area contributed by atoms with Crippen LogP contribution in [0.15, 0.2) is 53.6 Å². The fraction of sp³-hybridized carbons (Fsp3) is 0.0556. The average molecular weight is 389 g/mol. The van der Waals surface area contributed by atoms with Crippen LogP contribution in [-0.4, -0.2) is 29.4 Å². The molecule has 0 fully saturated rings. The van der Waals surface area contributed by atoms with Crippen LogP contribution >= 0.6 is 23.2 Å². The Labute approximate surface area is 159 Å². The normalized spacial score (nSPS) is 10.9. The predicted molar refractivity (Wildman–Crippen MR) is 102 cm³/mol. The van der Waals surface area contributed by atoms with Crippen molar-refractivity contribution in [2.75, 3.05) is 7.11 Å². The SMILES string of the molecule is COc1ccccc1-c1cc(C(=O)N/N=C/c2c(Cl)cccc2Cl)[nH]n1. The van der Waals surface area contributed by atoms with E-state index in [-0.39, 0.29) is 5.69 Å². The first-order valence-electron chi connectivity index (χ1n) is 7.56. The van der Waals surface area contributed by atoms with E-state index in [1.165, 1.54) is 6.21 Å². The second-order valence-corrected chi connectivity index (χ2v) is 6.02. The number of carbonyl (C=O) groups excluding carboxylic acids is 1. The summed E-state index contributed by atoms with van der Waals surface area (Å²) in [6.07, 6.45) is 1.39. The van der Waals surface area contributed by atoms with Gasteiger partial charge in [-0.1, -0.05) is 41.4 Å². The van der Waals surface area contributed by atoms with Crippen LogP contribution in [0.2, 0.25) is 10.0 Å². The van der Waals surface area contributed by atoms with Crippen molar-refractivity contribution >= 4 is 35.3 Å². The van der Waals surface area contributed by atoms with E-state index in [9.17, 15) is 4.79 Å². The Morgan fingerprint density at radius 1 is 1.19 bits per heavy atom. The third kappa shape index (κ3) is 3.87. The lowest BCUT2D eigenvalue weighted by Crippen LogP contribution is -2.18. The van der Waals surface area contributed by atoms with Crippen LogP contribution in [0.25, 0.3) is 11.3 Å². The molecule has 2 aromatic carbocycles. The summed E-state index contributed by atoms with van der Waals surface area (Å²) in [6.45, 7) is 0. The monoisotopic (exact) mass is 388 g/mol. The Morgan fingerprint density at radius 2 is 1.92 bits per heavy atom. The van der Waals surface area contributed by atoms with Crippen LogP contribution in [0.1, 0.15) is 16.1 Å². The highest BCUT2D eigenvalue weighted by Crippen LogP contribution is 2.28. The van der Waals surface area contributed by atoms with Gasteiger partial charge in [0, 0.05) is 11.1 Å². The zero-order valence-electron chi connectivity index (χ0n) is 13.7. The average Bonchev–Trinajstić information content (AvgIpc) is 3.14. The number of methoxy groups -OCH3 is 1. The number of hydrogen-bond donors (Lipinski definition) is 2. The number of nitrogens with one attached hydrogen (secondary N) is 2. The summed E-state index contributed by atoms with van der Waals surface area (Å²) in [7, 11) is 1.58. The molecule has 0 saturated carbocycles. The number of aromatic amines is 1. The molecule has 3 aromatic rings. The van der Waals surface area contributed by atoms with E-state index in [0.717, 1.165) is 5.56 Å². The molecule has 132 valence electrons. The number of rotatable bonds is 5. The Balaban J connectivity index is 1.74. The van der Waals surface area contributed by atoms with Crippen molar-refractivity contribution in [1.29, 1.82) is 0 Å². The molecule has 0 unspecified atom stereocenters. The molecule has 0 aliphatic heterocycles. The Hall–Kier alpha value is -2.83. The van der Waals surface area contributed by atoms with Crippen molar-refractivity contribution in [2.45, 2.75) is 0 Å². The smallest absolute Gasteiger partial charge is 0.289 e. The lowest BCUT2D eigenvalue weighted by molar-refractivity contribution is 0.0950. The molecule has 0 aliphatic rings. The lowest BCUT2D eigenvalue weighted by atomic mass is 10.1. The molecule has 0 aliphatic carbocycles. The highest BCUT2D eigenvalue weighted by atomic mass is 35.5. The maximum atomic E-state index is 12.2. The van der Waals surface area contributed by atoms with E-state index in [2.05, 4.69) is 20.7 Å². The van der Waals surface area contributed by atoms with Crippen molar-refractivity contribution in [3.63, 3.8) is 0 Å². The molecule has 0 atom stereocenters.